The van der Waals surface area contributed by atoms with E-state index in [0.717, 1.165) is 23.9 Å². The lowest BCUT2D eigenvalue weighted by molar-refractivity contribution is -0.384. The van der Waals surface area contributed by atoms with Crippen molar-refractivity contribution in [3.05, 3.63) is 32.8 Å². The highest BCUT2D eigenvalue weighted by molar-refractivity contribution is 9.10. The molecule has 1 N–H and O–H groups in total. The van der Waals surface area contributed by atoms with Crippen LogP contribution in [0.4, 0.5) is 11.4 Å². The predicted molar refractivity (Wildman–Crippen MR) is 79.8 cm³/mol. The van der Waals surface area contributed by atoms with Crippen LogP contribution >= 0.6 is 15.9 Å². The number of nitro benzene ring substituents is 1. The van der Waals surface area contributed by atoms with Crippen molar-refractivity contribution in [2.24, 2.45) is 0 Å². The SMILES string of the molecule is CC(=O)N[C@H]1CCCN(c2cc(Br)ccc2[N+](=O)[O-])C1. The summed E-state index contributed by atoms with van der Waals surface area (Å²) in [6.45, 7) is 2.84. The molecule has 0 unspecified atom stereocenters. The highest BCUT2D eigenvalue weighted by atomic mass is 79.9. The zero-order valence-corrected chi connectivity index (χ0v) is 12.7. The molecule has 0 aliphatic carbocycles. The van der Waals surface area contributed by atoms with Crippen molar-refractivity contribution in [3.8, 4) is 0 Å². The normalized spacial score (nSPS) is 18.7. The number of nitrogens with zero attached hydrogens (tertiary/aromatic N) is 2. The van der Waals surface area contributed by atoms with Crippen molar-refractivity contribution in [2.75, 3.05) is 18.0 Å². The first-order chi connectivity index (χ1) is 9.47. The molecule has 1 amide bonds. The number of amides is 1. The van der Waals surface area contributed by atoms with E-state index < -0.39 is 0 Å². The van der Waals surface area contributed by atoms with Crippen molar-refractivity contribution in [1.29, 1.82) is 0 Å². The molecule has 1 aliphatic heterocycles. The molecule has 0 radical (unpaired) electrons. The van der Waals surface area contributed by atoms with Gasteiger partial charge in [-0.3, -0.25) is 14.9 Å². The first kappa shape index (κ1) is 14.8. The fourth-order valence-electron chi connectivity index (χ4n) is 2.51. The van der Waals surface area contributed by atoms with Crippen LogP contribution in [0.1, 0.15) is 19.8 Å². The Labute approximate surface area is 125 Å². The first-order valence-electron chi connectivity index (χ1n) is 6.43. The molecule has 6 nitrogen and oxygen atoms in total. The number of nitro groups is 1. The van der Waals surface area contributed by atoms with Crippen LogP contribution in [-0.4, -0.2) is 30.0 Å². The van der Waals surface area contributed by atoms with Gasteiger partial charge in [0.2, 0.25) is 5.91 Å². The Balaban J connectivity index is 2.24. The summed E-state index contributed by atoms with van der Waals surface area (Å²) in [5.41, 5.74) is 0.691. The van der Waals surface area contributed by atoms with Gasteiger partial charge >= 0.3 is 0 Å². The van der Waals surface area contributed by atoms with Crippen LogP contribution in [0.5, 0.6) is 0 Å². The third-order valence-electron chi connectivity index (χ3n) is 3.30. The molecule has 1 aliphatic rings. The van der Waals surface area contributed by atoms with Gasteiger partial charge in [0.15, 0.2) is 0 Å². The zero-order chi connectivity index (χ0) is 14.7. The quantitative estimate of drug-likeness (QED) is 0.676. The van der Waals surface area contributed by atoms with E-state index in [2.05, 4.69) is 21.2 Å². The summed E-state index contributed by atoms with van der Waals surface area (Å²) in [5.74, 6) is -0.0689. The van der Waals surface area contributed by atoms with Crippen LogP contribution in [0.2, 0.25) is 0 Å². The molecule has 1 heterocycles. The van der Waals surface area contributed by atoms with Crippen molar-refractivity contribution in [3.63, 3.8) is 0 Å². The lowest BCUT2D eigenvalue weighted by atomic mass is 10.0. The second kappa shape index (κ2) is 6.21. The zero-order valence-electron chi connectivity index (χ0n) is 11.1. The van der Waals surface area contributed by atoms with Gasteiger partial charge in [-0.1, -0.05) is 15.9 Å². The van der Waals surface area contributed by atoms with E-state index in [9.17, 15) is 14.9 Å². The number of hydrogen-bond acceptors (Lipinski definition) is 4. The highest BCUT2D eigenvalue weighted by Gasteiger charge is 2.26. The second-order valence-corrected chi connectivity index (χ2v) is 5.79. The van der Waals surface area contributed by atoms with Gasteiger partial charge in [-0.25, -0.2) is 0 Å². The molecular weight excluding hydrogens is 326 g/mol. The lowest BCUT2D eigenvalue weighted by Crippen LogP contribution is -2.47. The van der Waals surface area contributed by atoms with Gasteiger partial charge in [-0.05, 0) is 25.0 Å². The number of anilines is 1. The van der Waals surface area contributed by atoms with Gasteiger partial charge in [0, 0.05) is 36.6 Å². The van der Waals surface area contributed by atoms with E-state index in [1.165, 1.54) is 13.0 Å². The van der Waals surface area contributed by atoms with E-state index in [1.807, 2.05) is 4.90 Å². The smallest absolute Gasteiger partial charge is 0.292 e. The van der Waals surface area contributed by atoms with Gasteiger partial charge in [-0.2, -0.15) is 0 Å². The van der Waals surface area contributed by atoms with Crippen molar-refractivity contribution < 1.29 is 9.72 Å². The molecule has 0 saturated carbocycles. The van der Waals surface area contributed by atoms with E-state index in [0.29, 0.717) is 12.2 Å². The van der Waals surface area contributed by atoms with E-state index in [1.54, 1.807) is 12.1 Å². The van der Waals surface area contributed by atoms with Gasteiger partial charge in [0.25, 0.3) is 5.69 Å². The number of piperidine rings is 1. The summed E-state index contributed by atoms with van der Waals surface area (Å²) in [6, 6.07) is 4.96. The summed E-state index contributed by atoms with van der Waals surface area (Å²) in [5, 5.41) is 14.0. The van der Waals surface area contributed by atoms with E-state index in [-0.39, 0.29) is 22.6 Å². The first-order valence-corrected chi connectivity index (χ1v) is 7.22. The van der Waals surface area contributed by atoms with Gasteiger partial charge in [0.05, 0.1) is 4.92 Å². The van der Waals surface area contributed by atoms with Crippen LogP contribution in [0, 0.1) is 10.1 Å². The van der Waals surface area contributed by atoms with Crippen molar-refractivity contribution in [1.82, 2.24) is 5.32 Å². The van der Waals surface area contributed by atoms with Gasteiger partial charge in [0.1, 0.15) is 5.69 Å². The number of benzene rings is 1. The molecule has 1 saturated heterocycles. The van der Waals surface area contributed by atoms with E-state index >= 15 is 0 Å². The van der Waals surface area contributed by atoms with Crippen molar-refractivity contribution >= 4 is 33.2 Å². The molecule has 0 spiro atoms. The number of nitrogens with one attached hydrogen (secondary N) is 1. The highest BCUT2D eigenvalue weighted by Crippen LogP contribution is 2.32. The largest absolute Gasteiger partial charge is 0.364 e. The molecule has 20 heavy (non-hydrogen) atoms. The topological polar surface area (TPSA) is 75.5 Å². The summed E-state index contributed by atoms with van der Waals surface area (Å²) in [6.07, 6.45) is 1.80. The maximum Gasteiger partial charge on any atom is 0.292 e. The summed E-state index contributed by atoms with van der Waals surface area (Å²) < 4.78 is 0.805. The molecule has 1 aromatic carbocycles. The van der Waals surface area contributed by atoms with Crippen LogP contribution in [0.25, 0.3) is 0 Å². The number of carbonyl (C=O) groups is 1. The Morgan fingerprint density at radius 1 is 1.55 bits per heavy atom. The minimum atomic E-state index is -0.371. The lowest BCUT2D eigenvalue weighted by Gasteiger charge is -2.34. The van der Waals surface area contributed by atoms with Crippen LogP contribution in [-0.2, 0) is 4.79 Å². The third-order valence-corrected chi connectivity index (χ3v) is 3.80. The van der Waals surface area contributed by atoms with Crippen LogP contribution in [0.15, 0.2) is 22.7 Å². The Bertz CT molecular complexity index is 536. The fourth-order valence-corrected chi connectivity index (χ4v) is 2.85. The van der Waals surface area contributed by atoms with Gasteiger partial charge in [-0.15, -0.1) is 0 Å². The number of hydrogen-bond donors (Lipinski definition) is 1. The molecule has 0 bridgehead atoms. The third kappa shape index (κ3) is 3.47. The summed E-state index contributed by atoms with van der Waals surface area (Å²) in [4.78, 5) is 23.9. The Kier molecular flexibility index (Phi) is 4.59. The summed E-state index contributed by atoms with van der Waals surface area (Å²) in [7, 11) is 0. The minimum Gasteiger partial charge on any atom is -0.364 e. The minimum absolute atomic E-state index is 0.0415. The van der Waals surface area contributed by atoms with Crippen LogP contribution < -0.4 is 10.2 Å². The van der Waals surface area contributed by atoms with Gasteiger partial charge < -0.3 is 10.2 Å². The van der Waals surface area contributed by atoms with Crippen LogP contribution in [0.3, 0.4) is 0 Å². The molecular formula is C13H16BrN3O3. The molecule has 1 fully saturated rings. The standard InChI is InChI=1S/C13H16BrN3O3/c1-9(18)15-11-3-2-6-16(8-11)13-7-10(14)4-5-12(13)17(19)20/h4-5,7,11H,2-3,6,8H2,1H3,(H,15,18)/t11-/m0/s1. The number of rotatable bonds is 3. The molecule has 0 aromatic heterocycles. The summed E-state index contributed by atoms with van der Waals surface area (Å²) >= 11 is 3.35. The predicted octanol–water partition coefficient (Wildman–Crippen LogP) is 2.46. The molecule has 2 rings (SSSR count). The number of halogens is 1. The molecule has 7 heteroatoms. The fraction of sp³-hybridized carbons (Fsp3) is 0.462. The number of carbonyl (C=O) groups excluding carboxylic acids is 1. The monoisotopic (exact) mass is 341 g/mol. The Morgan fingerprint density at radius 2 is 2.30 bits per heavy atom. The average Bonchev–Trinajstić information content (AvgIpc) is 2.37. The second-order valence-electron chi connectivity index (χ2n) is 4.88. The maximum absolute atomic E-state index is 11.1. The Hall–Kier alpha value is -1.63. The average molecular weight is 342 g/mol. The molecule has 1 atom stereocenters. The molecule has 1 aromatic rings. The van der Waals surface area contributed by atoms with E-state index in [4.69, 9.17) is 0 Å². The maximum atomic E-state index is 11.1. The van der Waals surface area contributed by atoms with Crippen molar-refractivity contribution in [2.45, 2.75) is 25.8 Å². The molecule has 108 valence electrons. The Morgan fingerprint density at radius 3 is 2.95 bits per heavy atom.